The first-order valence-corrected chi connectivity index (χ1v) is 6.81. The van der Waals surface area contributed by atoms with Crippen molar-refractivity contribution in [1.29, 1.82) is 0 Å². The molecule has 0 aromatic carbocycles. The van der Waals surface area contributed by atoms with Crippen LogP contribution in [-0.4, -0.2) is 68.8 Å². The van der Waals surface area contributed by atoms with Gasteiger partial charge in [-0.05, 0) is 33.0 Å². The molecule has 0 spiro atoms. The number of rotatable bonds is 8. The van der Waals surface area contributed by atoms with Crippen LogP contribution in [0.15, 0.2) is 0 Å². The molecule has 1 heterocycles. The van der Waals surface area contributed by atoms with Crippen LogP contribution in [0.25, 0.3) is 0 Å². The smallest absolute Gasteiger partial charge is 0.410 e. The minimum absolute atomic E-state index is 0.0239. The second-order valence-electron chi connectivity index (χ2n) is 5.52. The van der Waals surface area contributed by atoms with E-state index in [2.05, 4.69) is 31.1 Å². The molecule has 1 saturated heterocycles. The van der Waals surface area contributed by atoms with Crippen LogP contribution >= 0.6 is 0 Å². The first kappa shape index (κ1) is 15.2. The van der Waals surface area contributed by atoms with Crippen LogP contribution in [0.5, 0.6) is 0 Å². The Morgan fingerprint density at radius 1 is 1.56 bits per heavy atom. The predicted octanol–water partition coefficient (Wildman–Crippen LogP) is 1.00. The van der Waals surface area contributed by atoms with Crippen molar-refractivity contribution in [2.24, 2.45) is 5.92 Å². The second kappa shape index (κ2) is 7.59. The van der Waals surface area contributed by atoms with Crippen LogP contribution in [0.3, 0.4) is 0 Å². The van der Waals surface area contributed by atoms with Crippen LogP contribution in [0, 0.1) is 5.92 Å². The minimum atomic E-state index is -0.158. The van der Waals surface area contributed by atoms with Gasteiger partial charge in [-0.15, -0.1) is 0 Å². The molecule has 0 aliphatic carbocycles. The third kappa shape index (κ3) is 5.23. The Morgan fingerprint density at radius 3 is 2.89 bits per heavy atom. The number of nitrogens with one attached hydrogen (secondary N) is 1. The fourth-order valence-electron chi connectivity index (χ4n) is 2.34. The van der Waals surface area contributed by atoms with Gasteiger partial charge in [-0.1, -0.05) is 13.8 Å². The molecule has 0 bridgehead atoms. The van der Waals surface area contributed by atoms with Gasteiger partial charge in [0.2, 0.25) is 0 Å². The molecule has 1 N–H and O–H groups in total. The van der Waals surface area contributed by atoms with E-state index >= 15 is 0 Å². The molecule has 0 saturated carbocycles. The van der Waals surface area contributed by atoms with Crippen LogP contribution < -0.4 is 5.32 Å². The summed E-state index contributed by atoms with van der Waals surface area (Å²) in [5.41, 5.74) is 0. The maximum atomic E-state index is 11.6. The van der Waals surface area contributed by atoms with Crippen molar-refractivity contribution in [3.8, 4) is 0 Å². The predicted molar refractivity (Wildman–Crippen MR) is 72.7 cm³/mol. The van der Waals surface area contributed by atoms with E-state index < -0.39 is 0 Å². The van der Waals surface area contributed by atoms with Crippen LogP contribution in [-0.2, 0) is 4.74 Å². The Balaban J connectivity index is 2.27. The maximum Gasteiger partial charge on any atom is 0.410 e. The zero-order chi connectivity index (χ0) is 13.5. The van der Waals surface area contributed by atoms with E-state index in [4.69, 9.17) is 4.74 Å². The van der Waals surface area contributed by atoms with Gasteiger partial charge in [-0.3, -0.25) is 0 Å². The molecule has 18 heavy (non-hydrogen) atoms. The lowest BCUT2D eigenvalue weighted by Gasteiger charge is -2.21. The molecule has 1 aliphatic heterocycles. The summed E-state index contributed by atoms with van der Waals surface area (Å²) in [6.07, 6.45) is 0.838. The van der Waals surface area contributed by atoms with E-state index in [-0.39, 0.29) is 12.2 Å². The average molecular weight is 257 g/mol. The molecule has 1 aliphatic rings. The summed E-state index contributed by atoms with van der Waals surface area (Å²) < 4.78 is 5.38. The van der Waals surface area contributed by atoms with Gasteiger partial charge in [0.05, 0.1) is 6.54 Å². The van der Waals surface area contributed by atoms with Crippen molar-refractivity contribution in [1.82, 2.24) is 15.1 Å². The summed E-state index contributed by atoms with van der Waals surface area (Å²) in [4.78, 5) is 15.7. The lowest BCUT2D eigenvalue weighted by Crippen LogP contribution is -2.34. The van der Waals surface area contributed by atoms with E-state index in [1.165, 1.54) is 0 Å². The summed E-state index contributed by atoms with van der Waals surface area (Å²) in [7, 11) is 4.00. The summed E-state index contributed by atoms with van der Waals surface area (Å²) in [5.74, 6) is 0.638. The average Bonchev–Trinajstić information content (AvgIpc) is 2.58. The lowest BCUT2D eigenvalue weighted by atomic mass is 10.2. The molecule has 0 radical (unpaired) electrons. The van der Waals surface area contributed by atoms with Gasteiger partial charge >= 0.3 is 6.09 Å². The maximum absolute atomic E-state index is 11.6. The molecule has 0 unspecified atom stereocenters. The molecule has 106 valence electrons. The Hall–Kier alpha value is -0.810. The van der Waals surface area contributed by atoms with E-state index in [1.807, 2.05) is 11.9 Å². The van der Waals surface area contributed by atoms with Gasteiger partial charge < -0.3 is 19.9 Å². The van der Waals surface area contributed by atoms with E-state index in [0.29, 0.717) is 5.92 Å². The fraction of sp³-hybridized carbons (Fsp3) is 0.923. The number of carbonyl (C=O) groups is 1. The Kier molecular flexibility index (Phi) is 6.43. The quantitative estimate of drug-likeness (QED) is 0.659. The lowest BCUT2D eigenvalue weighted by molar-refractivity contribution is 0.110. The molecule has 0 aromatic rings. The first-order valence-electron chi connectivity index (χ1n) is 6.81. The highest BCUT2D eigenvalue weighted by atomic mass is 16.6. The standard InChI is InChI=1S/C13H27N3O2/c1-11(2)8-15(4)9-12-10-16(13(17)18-12)7-5-6-14-3/h11-12,14H,5-10H2,1-4H3/t12-/m0/s1. The van der Waals surface area contributed by atoms with Crippen LogP contribution in [0.1, 0.15) is 20.3 Å². The van der Waals surface area contributed by atoms with Gasteiger partial charge in [0, 0.05) is 19.6 Å². The molecule has 0 aromatic heterocycles. The van der Waals surface area contributed by atoms with Crippen molar-refractivity contribution in [3.63, 3.8) is 0 Å². The molecular formula is C13H27N3O2. The number of ether oxygens (including phenoxy) is 1. The van der Waals surface area contributed by atoms with Crippen LogP contribution in [0.2, 0.25) is 0 Å². The van der Waals surface area contributed by atoms with E-state index in [1.54, 1.807) is 0 Å². The minimum Gasteiger partial charge on any atom is -0.443 e. The first-order chi connectivity index (χ1) is 8.52. The highest BCUT2D eigenvalue weighted by molar-refractivity contribution is 5.69. The Morgan fingerprint density at radius 2 is 2.28 bits per heavy atom. The number of likely N-dealkylation sites (N-methyl/N-ethyl adjacent to an activating group) is 1. The number of nitrogens with zero attached hydrogens (tertiary/aromatic N) is 2. The number of hydrogen-bond donors (Lipinski definition) is 1. The van der Waals surface area contributed by atoms with Crippen molar-refractivity contribution >= 4 is 6.09 Å². The summed E-state index contributed by atoms with van der Waals surface area (Å²) in [6.45, 7) is 8.69. The fourth-order valence-corrected chi connectivity index (χ4v) is 2.34. The zero-order valence-electron chi connectivity index (χ0n) is 12.1. The Bertz CT molecular complexity index is 259. The normalized spacial score (nSPS) is 20.0. The molecule has 1 amide bonds. The topological polar surface area (TPSA) is 44.8 Å². The van der Waals surface area contributed by atoms with Gasteiger partial charge in [0.25, 0.3) is 0 Å². The molecule has 1 rings (SSSR count). The highest BCUT2D eigenvalue weighted by Gasteiger charge is 2.31. The number of cyclic esters (lactones) is 1. The SMILES string of the molecule is CNCCCN1C[C@H](CN(C)CC(C)C)OC1=O. The van der Waals surface area contributed by atoms with Crippen molar-refractivity contribution in [3.05, 3.63) is 0 Å². The monoisotopic (exact) mass is 257 g/mol. The Labute approximate surface area is 110 Å². The van der Waals surface area contributed by atoms with Crippen LogP contribution in [0.4, 0.5) is 4.79 Å². The van der Waals surface area contributed by atoms with E-state index in [0.717, 1.165) is 39.1 Å². The largest absolute Gasteiger partial charge is 0.443 e. The molecule has 5 heteroatoms. The van der Waals surface area contributed by atoms with Crippen molar-refractivity contribution < 1.29 is 9.53 Å². The van der Waals surface area contributed by atoms with Gasteiger partial charge in [-0.25, -0.2) is 4.79 Å². The zero-order valence-corrected chi connectivity index (χ0v) is 12.1. The summed E-state index contributed by atoms with van der Waals surface area (Å²) in [5, 5.41) is 3.08. The van der Waals surface area contributed by atoms with Crippen molar-refractivity contribution in [2.75, 3.05) is 46.8 Å². The van der Waals surface area contributed by atoms with Crippen molar-refractivity contribution in [2.45, 2.75) is 26.4 Å². The third-order valence-corrected chi connectivity index (χ3v) is 3.00. The number of carbonyl (C=O) groups excluding carboxylic acids is 1. The highest BCUT2D eigenvalue weighted by Crippen LogP contribution is 2.12. The van der Waals surface area contributed by atoms with Gasteiger partial charge in [0.1, 0.15) is 6.10 Å². The third-order valence-electron chi connectivity index (χ3n) is 3.00. The molecule has 1 atom stereocenters. The van der Waals surface area contributed by atoms with Gasteiger partial charge in [0.15, 0.2) is 0 Å². The molecule has 1 fully saturated rings. The van der Waals surface area contributed by atoms with E-state index in [9.17, 15) is 4.79 Å². The summed E-state index contributed by atoms with van der Waals surface area (Å²) >= 11 is 0. The second-order valence-corrected chi connectivity index (χ2v) is 5.52. The summed E-state index contributed by atoms with van der Waals surface area (Å²) in [6, 6.07) is 0. The number of amides is 1. The molecular weight excluding hydrogens is 230 g/mol. The molecule has 5 nitrogen and oxygen atoms in total. The number of hydrogen-bond acceptors (Lipinski definition) is 4. The van der Waals surface area contributed by atoms with Gasteiger partial charge in [-0.2, -0.15) is 0 Å².